The minimum atomic E-state index is -0.548. The molecule has 1 aliphatic heterocycles. The molecule has 1 aromatic heterocycles. The van der Waals surface area contributed by atoms with Gasteiger partial charge in [-0.05, 0) is 47.0 Å². The first-order chi connectivity index (χ1) is 10.2. The Labute approximate surface area is 126 Å². The number of fused-ring (bicyclic) bond motifs is 1. The molecule has 21 heavy (non-hydrogen) atoms. The zero-order valence-corrected chi connectivity index (χ0v) is 12.1. The molecule has 0 bridgehead atoms. The highest BCUT2D eigenvalue weighted by molar-refractivity contribution is 7.07. The van der Waals surface area contributed by atoms with E-state index < -0.39 is 6.10 Å². The lowest BCUT2D eigenvalue weighted by molar-refractivity contribution is 0.0942. The van der Waals surface area contributed by atoms with Crippen molar-refractivity contribution in [2.24, 2.45) is 0 Å². The van der Waals surface area contributed by atoms with Crippen LogP contribution < -0.4 is 14.8 Å². The van der Waals surface area contributed by atoms with E-state index >= 15 is 0 Å². The molecule has 0 saturated carbocycles. The van der Waals surface area contributed by atoms with Crippen LogP contribution in [0.1, 0.15) is 28.4 Å². The summed E-state index contributed by atoms with van der Waals surface area (Å²) in [5, 5.41) is 16.6. The normalized spacial score (nSPS) is 14.0. The van der Waals surface area contributed by atoms with Gasteiger partial charge in [-0.2, -0.15) is 11.3 Å². The summed E-state index contributed by atoms with van der Waals surface area (Å²) in [6.45, 7) is 0.595. The number of aliphatic hydroxyl groups excluding tert-OH is 1. The van der Waals surface area contributed by atoms with Crippen LogP contribution in [0.5, 0.6) is 11.5 Å². The van der Waals surface area contributed by atoms with Crippen molar-refractivity contribution in [2.45, 2.75) is 12.5 Å². The standard InChI is InChI=1S/C15H15NO4S/c17-12(11-4-6-21-8-11)3-5-16-15(18)10-1-2-13-14(7-10)20-9-19-13/h1-2,4,6-8,12,17H,3,5,9H2,(H,16,18). The average molecular weight is 305 g/mol. The molecular formula is C15H15NO4S. The van der Waals surface area contributed by atoms with Gasteiger partial charge < -0.3 is 19.9 Å². The van der Waals surface area contributed by atoms with Gasteiger partial charge in [-0.25, -0.2) is 0 Å². The van der Waals surface area contributed by atoms with Crippen molar-refractivity contribution in [1.29, 1.82) is 0 Å². The van der Waals surface area contributed by atoms with Crippen molar-refractivity contribution in [2.75, 3.05) is 13.3 Å². The van der Waals surface area contributed by atoms with Gasteiger partial charge in [0.2, 0.25) is 6.79 Å². The van der Waals surface area contributed by atoms with E-state index in [2.05, 4.69) is 5.32 Å². The van der Waals surface area contributed by atoms with E-state index in [9.17, 15) is 9.90 Å². The predicted molar refractivity (Wildman–Crippen MR) is 78.8 cm³/mol. The minimum absolute atomic E-state index is 0.188. The topological polar surface area (TPSA) is 67.8 Å². The summed E-state index contributed by atoms with van der Waals surface area (Å²) < 4.78 is 10.4. The maximum Gasteiger partial charge on any atom is 0.251 e. The molecule has 5 nitrogen and oxygen atoms in total. The Morgan fingerprint density at radius 2 is 2.19 bits per heavy atom. The maximum absolute atomic E-state index is 12.0. The van der Waals surface area contributed by atoms with Crippen LogP contribution in [-0.4, -0.2) is 24.4 Å². The van der Waals surface area contributed by atoms with Gasteiger partial charge in [0.15, 0.2) is 11.5 Å². The highest BCUT2D eigenvalue weighted by atomic mass is 32.1. The van der Waals surface area contributed by atoms with Crippen LogP contribution in [0, 0.1) is 0 Å². The molecule has 1 atom stereocenters. The molecule has 2 N–H and O–H groups in total. The fourth-order valence-electron chi connectivity index (χ4n) is 2.09. The van der Waals surface area contributed by atoms with Crippen LogP contribution in [0.2, 0.25) is 0 Å². The molecule has 6 heteroatoms. The summed E-state index contributed by atoms with van der Waals surface area (Å²) in [5.74, 6) is 1.05. The van der Waals surface area contributed by atoms with E-state index in [0.29, 0.717) is 30.0 Å². The van der Waals surface area contributed by atoms with E-state index in [-0.39, 0.29) is 12.7 Å². The molecule has 0 spiro atoms. The van der Waals surface area contributed by atoms with Crippen LogP contribution in [0.3, 0.4) is 0 Å². The quantitative estimate of drug-likeness (QED) is 0.889. The number of ether oxygens (including phenoxy) is 2. The van der Waals surface area contributed by atoms with E-state index in [1.165, 1.54) is 0 Å². The first-order valence-corrected chi connectivity index (χ1v) is 7.56. The van der Waals surface area contributed by atoms with E-state index in [1.54, 1.807) is 29.5 Å². The molecule has 110 valence electrons. The summed E-state index contributed by atoms with van der Waals surface area (Å²) in [5.41, 5.74) is 1.40. The molecule has 0 saturated heterocycles. The molecule has 0 radical (unpaired) electrons. The number of benzene rings is 1. The van der Waals surface area contributed by atoms with Crippen molar-refractivity contribution < 1.29 is 19.4 Å². The third-order valence-corrected chi connectivity index (χ3v) is 3.97. The molecule has 2 heterocycles. The molecule has 1 unspecified atom stereocenters. The summed E-state index contributed by atoms with van der Waals surface area (Å²) in [6.07, 6.45) is -0.0687. The number of nitrogens with one attached hydrogen (secondary N) is 1. The van der Waals surface area contributed by atoms with Gasteiger partial charge in [0.05, 0.1) is 6.10 Å². The van der Waals surface area contributed by atoms with Gasteiger partial charge in [0.1, 0.15) is 0 Å². The SMILES string of the molecule is O=C(NCCC(O)c1ccsc1)c1ccc2c(c1)OCO2. The van der Waals surface area contributed by atoms with Crippen LogP contribution in [0.25, 0.3) is 0 Å². The summed E-state index contributed by atoms with van der Waals surface area (Å²) >= 11 is 1.54. The Bertz CT molecular complexity index is 627. The monoisotopic (exact) mass is 305 g/mol. The number of amides is 1. The highest BCUT2D eigenvalue weighted by Gasteiger charge is 2.16. The third kappa shape index (κ3) is 3.17. The number of carbonyl (C=O) groups excluding carboxylic acids is 1. The zero-order chi connectivity index (χ0) is 14.7. The van der Waals surface area contributed by atoms with Crippen LogP contribution in [0.15, 0.2) is 35.0 Å². The number of hydrogen-bond donors (Lipinski definition) is 2. The van der Waals surface area contributed by atoms with Gasteiger partial charge in [-0.3, -0.25) is 4.79 Å². The Morgan fingerprint density at radius 3 is 3.00 bits per heavy atom. The van der Waals surface area contributed by atoms with Gasteiger partial charge >= 0.3 is 0 Å². The fourth-order valence-corrected chi connectivity index (χ4v) is 2.80. The summed E-state index contributed by atoms with van der Waals surface area (Å²) in [6, 6.07) is 6.96. The van der Waals surface area contributed by atoms with E-state index in [4.69, 9.17) is 9.47 Å². The lowest BCUT2D eigenvalue weighted by Crippen LogP contribution is -2.25. The predicted octanol–water partition coefficient (Wildman–Crippen LogP) is 2.33. The molecule has 3 rings (SSSR count). The fraction of sp³-hybridized carbons (Fsp3) is 0.267. The van der Waals surface area contributed by atoms with Gasteiger partial charge in [-0.1, -0.05) is 0 Å². The first-order valence-electron chi connectivity index (χ1n) is 6.62. The van der Waals surface area contributed by atoms with Crippen molar-refractivity contribution in [1.82, 2.24) is 5.32 Å². The first kappa shape index (κ1) is 13.9. The highest BCUT2D eigenvalue weighted by Crippen LogP contribution is 2.32. The molecule has 0 fully saturated rings. The Morgan fingerprint density at radius 1 is 1.33 bits per heavy atom. The van der Waals surface area contributed by atoms with E-state index in [1.807, 2.05) is 16.8 Å². The lowest BCUT2D eigenvalue weighted by Gasteiger charge is -2.10. The maximum atomic E-state index is 12.0. The van der Waals surface area contributed by atoms with Gasteiger partial charge in [0, 0.05) is 12.1 Å². The Hall–Kier alpha value is -2.05. The molecular weight excluding hydrogens is 290 g/mol. The zero-order valence-electron chi connectivity index (χ0n) is 11.2. The van der Waals surface area contributed by atoms with Crippen LogP contribution in [0.4, 0.5) is 0 Å². The Balaban J connectivity index is 1.52. The van der Waals surface area contributed by atoms with Crippen LogP contribution in [-0.2, 0) is 0 Å². The Kier molecular flexibility index (Phi) is 4.08. The van der Waals surface area contributed by atoms with Crippen LogP contribution >= 0.6 is 11.3 Å². The second kappa shape index (κ2) is 6.15. The van der Waals surface area contributed by atoms with Crippen molar-refractivity contribution in [3.05, 3.63) is 46.2 Å². The van der Waals surface area contributed by atoms with E-state index in [0.717, 1.165) is 5.56 Å². The number of aliphatic hydroxyl groups is 1. The molecule has 1 amide bonds. The van der Waals surface area contributed by atoms with Crippen molar-refractivity contribution >= 4 is 17.2 Å². The molecule has 2 aromatic rings. The lowest BCUT2D eigenvalue weighted by atomic mass is 10.1. The summed E-state index contributed by atoms with van der Waals surface area (Å²) in [7, 11) is 0. The third-order valence-electron chi connectivity index (χ3n) is 3.27. The average Bonchev–Trinajstić information content (AvgIpc) is 3.17. The van der Waals surface area contributed by atoms with Gasteiger partial charge in [-0.15, -0.1) is 0 Å². The number of hydrogen-bond acceptors (Lipinski definition) is 5. The second-order valence-electron chi connectivity index (χ2n) is 4.69. The van der Waals surface area contributed by atoms with Gasteiger partial charge in [0.25, 0.3) is 5.91 Å². The van der Waals surface area contributed by atoms with Crippen molar-refractivity contribution in [3.8, 4) is 11.5 Å². The molecule has 0 aliphatic carbocycles. The smallest absolute Gasteiger partial charge is 0.251 e. The van der Waals surface area contributed by atoms with Crippen molar-refractivity contribution in [3.63, 3.8) is 0 Å². The number of rotatable bonds is 5. The number of carbonyl (C=O) groups is 1. The molecule has 1 aliphatic rings. The second-order valence-corrected chi connectivity index (χ2v) is 5.47. The number of thiophene rings is 1. The largest absolute Gasteiger partial charge is 0.454 e. The minimum Gasteiger partial charge on any atom is -0.454 e. The molecule has 1 aromatic carbocycles. The summed E-state index contributed by atoms with van der Waals surface area (Å²) in [4.78, 5) is 12.0.